The van der Waals surface area contributed by atoms with Crippen molar-refractivity contribution in [2.45, 2.75) is 66.3 Å². The summed E-state index contributed by atoms with van der Waals surface area (Å²) >= 11 is 0. The summed E-state index contributed by atoms with van der Waals surface area (Å²) in [4.78, 5) is 25.5. The molecule has 38 heavy (non-hydrogen) atoms. The molecule has 9 nitrogen and oxygen atoms in total. The lowest BCUT2D eigenvalue weighted by Crippen LogP contribution is -2.33. The number of ketones is 1. The van der Waals surface area contributed by atoms with Crippen LogP contribution in [0.3, 0.4) is 0 Å². The number of ether oxygens (including phenoxy) is 1. The first-order valence-corrected chi connectivity index (χ1v) is 16.9. The van der Waals surface area contributed by atoms with E-state index < -0.39 is 13.5 Å². The second kappa shape index (κ2) is 10.1. The lowest BCUT2D eigenvalue weighted by molar-refractivity contribution is 0.0849. The Morgan fingerprint density at radius 3 is 2.74 bits per heavy atom. The Balaban J connectivity index is 1.46. The minimum atomic E-state index is -1.19. The molecular weight excluding hydrogens is 494 g/mol. The van der Waals surface area contributed by atoms with Crippen molar-refractivity contribution in [3.05, 3.63) is 54.4 Å². The highest BCUT2D eigenvalue weighted by molar-refractivity contribution is 6.76. The Kier molecular flexibility index (Phi) is 6.95. The number of rotatable bonds is 8. The van der Waals surface area contributed by atoms with Gasteiger partial charge in [0.1, 0.15) is 18.6 Å². The van der Waals surface area contributed by atoms with Crippen molar-refractivity contribution in [2.24, 2.45) is 5.41 Å². The van der Waals surface area contributed by atoms with Crippen molar-refractivity contribution in [3.63, 3.8) is 0 Å². The van der Waals surface area contributed by atoms with Crippen LogP contribution in [0.25, 0.3) is 22.4 Å². The van der Waals surface area contributed by atoms with Gasteiger partial charge in [-0.2, -0.15) is 0 Å². The molecule has 3 aromatic heterocycles. The van der Waals surface area contributed by atoms with Gasteiger partial charge >= 0.3 is 0 Å². The van der Waals surface area contributed by atoms with Crippen LogP contribution in [0.4, 0.5) is 5.69 Å². The first kappa shape index (κ1) is 26.2. The molecule has 0 aliphatic carbocycles. The SMILES string of the molecule is CC(C)(C)C(=O)c1cn(COCC[Si](C)(C)C)c2ncc(-c3cccc(N4CCn5cnnc5C4)c3)nc12. The van der Waals surface area contributed by atoms with Crippen molar-refractivity contribution in [2.75, 3.05) is 18.1 Å². The van der Waals surface area contributed by atoms with Gasteiger partial charge < -0.3 is 18.8 Å². The number of carbonyl (C=O) groups is 1. The van der Waals surface area contributed by atoms with Crippen LogP contribution in [0.15, 0.2) is 43.0 Å². The van der Waals surface area contributed by atoms with Crippen LogP contribution in [0.1, 0.15) is 37.0 Å². The number of hydrogen-bond donors (Lipinski definition) is 0. The highest BCUT2D eigenvalue weighted by atomic mass is 28.3. The van der Waals surface area contributed by atoms with E-state index in [1.165, 1.54) is 0 Å². The molecule has 0 spiro atoms. The fourth-order valence-electron chi connectivity index (χ4n) is 4.55. The maximum Gasteiger partial charge on any atom is 0.171 e. The maximum atomic E-state index is 13.4. The standard InChI is InChI=1S/C28H37N7O2Si/c1-28(2,3)26(36)22-16-35(19-37-12-13-38(4,5)6)27-25(22)31-23(15-29-27)20-8-7-9-21(14-20)33-10-11-34-18-30-32-24(34)17-33/h7-9,14-16,18H,10-13,17,19H2,1-6H3. The summed E-state index contributed by atoms with van der Waals surface area (Å²) < 4.78 is 10.0. The Morgan fingerprint density at radius 1 is 1.16 bits per heavy atom. The normalized spacial score (nSPS) is 14.2. The third-order valence-corrected chi connectivity index (χ3v) is 8.57. The molecule has 0 N–H and O–H groups in total. The van der Waals surface area contributed by atoms with Gasteiger partial charge in [-0.3, -0.25) is 4.79 Å². The van der Waals surface area contributed by atoms with Crippen LogP contribution < -0.4 is 4.90 Å². The van der Waals surface area contributed by atoms with E-state index >= 15 is 0 Å². The molecule has 1 aliphatic rings. The molecule has 4 aromatic rings. The average Bonchev–Trinajstić information content (AvgIpc) is 3.49. The molecular formula is C28H37N7O2Si. The monoisotopic (exact) mass is 531 g/mol. The topological polar surface area (TPSA) is 91.0 Å². The summed E-state index contributed by atoms with van der Waals surface area (Å²) in [7, 11) is -1.19. The average molecular weight is 532 g/mol. The van der Waals surface area contributed by atoms with E-state index in [9.17, 15) is 4.79 Å². The molecule has 1 aromatic carbocycles. The van der Waals surface area contributed by atoms with Gasteiger partial charge in [0.2, 0.25) is 0 Å². The van der Waals surface area contributed by atoms with E-state index in [0.717, 1.165) is 41.9 Å². The van der Waals surface area contributed by atoms with Crippen molar-refractivity contribution in [1.29, 1.82) is 0 Å². The number of nitrogens with zero attached hydrogens (tertiary/aromatic N) is 7. The third-order valence-electron chi connectivity index (χ3n) is 6.86. The summed E-state index contributed by atoms with van der Waals surface area (Å²) in [5.74, 6) is 1.00. The molecule has 10 heteroatoms. The molecule has 0 amide bonds. The smallest absolute Gasteiger partial charge is 0.171 e. The Hall–Kier alpha value is -3.37. The lowest BCUT2D eigenvalue weighted by Gasteiger charge is -2.29. The molecule has 5 rings (SSSR count). The van der Waals surface area contributed by atoms with E-state index in [-0.39, 0.29) is 5.78 Å². The van der Waals surface area contributed by atoms with Crippen molar-refractivity contribution < 1.29 is 9.53 Å². The van der Waals surface area contributed by atoms with Gasteiger partial charge in [0.15, 0.2) is 17.3 Å². The number of benzene rings is 1. The summed E-state index contributed by atoms with van der Waals surface area (Å²) in [5, 5.41) is 8.27. The van der Waals surface area contributed by atoms with Gasteiger partial charge in [0.05, 0.1) is 24.0 Å². The van der Waals surface area contributed by atoms with Gasteiger partial charge in [0.25, 0.3) is 0 Å². The Morgan fingerprint density at radius 2 is 1.97 bits per heavy atom. The predicted molar refractivity (Wildman–Crippen MR) is 152 cm³/mol. The maximum absolute atomic E-state index is 13.4. The number of aromatic nitrogens is 6. The molecule has 0 radical (unpaired) electrons. The van der Waals surface area contributed by atoms with Crippen LogP contribution in [-0.2, 0) is 24.6 Å². The van der Waals surface area contributed by atoms with Crippen molar-refractivity contribution >= 4 is 30.7 Å². The van der Waals surface area contributed by atoms with Crippen molar-refractivity contribution in [1.82, 2.24) is 29.3 Å². The van der Waals surface area contributed by atoms with Gasteiger partial charge in [0, 0.05) is 50.6 Å². The molecule has 200 valence electrons. The van der Waals surface area contributed by atoms with E-state index in [1.807, 2.05) is 43.7 Å². The molecule has 0 saturated heterocycles. The minimum Gasteiger partial charge on any atom is -0.362 e. The second-order valence-corrected chi connectivity index (χ2v) is 17.9. The fourth-order valence-corrected chi connectivity index (χ4v) is 5.31. The molecule has 0 saturated carbocycles. The van der Waals surface area contributed by atoms with E-state index in [4.69, 9.17) is 14.7 Å². The zero-order valence-corrected chi connectivity index (χ0v) is 24.2. The highest BCUT2D eigenvalue weighted by Gasteiger charge is 2.28. The highest BCUT2D eigenvalue weighted by Crippen LogP contribution is 2.30. The van der Waals surface area contributed by atoms with Gasteiger partial charge in [-0.05, 0) is 18.2 Å². The van der Waals surface area contributed by atoms with Gasteiger partial charge in [-0.15, -0.1) is 10.2 Å². The van der Waals surface area contributed by atoms with Crippen LogP contribution in [0, 0.1) is 5.41 Å². The van der Waals surface area contributed by atoms with Crippen LogP contribution >= 0.6 is 0 Å². The summed E-state index contributed by atoms with van der Waals surface area (Å²) in [6.45, 7) is 16.3. The third kappa shape index (κ3) is 5.56. The summed E-state index contributed by atoms with van der Waals surface area (Å²) in [6, 6.07) is 9.39. The molecule has 0 atom stereocenters. The molecule has 4 heterocycles. The first-order chi connectivity index (χ1) is 18.0. The van der Waals surface area contributed by atoms with Gasteiger partial charge in [-0.25, -0.2) is 9.97 Å². The number of anilines is 1. The molecule has 0 unspecified atom stereocenters. The van der Waals surface area contributed by atoms with E-state index in [2.05, 4.69) is 51.4 Å². The zero-order valence-electron chi connectivity index (χ0n) is 23.2. The van der Waals surface area contributed by atoms with Crippen LogP contribution in [0.2, 0.25) is 25.7 Å². The number of fused-ring (bicyclic) bond motifs is 2. The number of Topliss-reactive ketones (excluding diaryl/α,β-unsaturated/α-hetero) is 1. The van der Waals surface area contributed by atoms with E-state index in [0.29, 0.717) is 36.6 Å². The zero-order chi connectivity index (χ0) is 27.1. The van der Waals surface area contributed by atoms with Crippen LogP contribution in [0.5, 0.6) is 0 Å². The van der Waals surface area contributed by atoms with E-state index in [1.54, 1.807) is 12.5 Å². The van der Waals surface area contributed by atoms with Crippen LogP contribution in [-0.4, -0.2) is 56.3 Å². The quantitative estimate of drug-likeness (QED) is 0.174. The molecule has 1 aliphatic heterocycles. The second-order valence-electron chi connectivity index (χ2n) is 12.3. The Labute approximate surface area is 224 Å². The summed E-state index contributed by atoms with van der Waals surface area (Å²) in [6.07, 6.45) is 5.43. The van der Waals surface area contributed by atoms with Crippen molar-refractivity contribution in [3.8, 4) is 11.3 Å². The molecule has 0 bridgehead atoms. The van der Waals surface area contributed by atoms with Gasteiger partial charge in [-0.1, -0.05) is 52.5 Å². The first-order valence-electron chi connectivity index (χ1n) is 13.2. The predicted octanol–water partition coefficient (Wildman–Crippen LogP) is 5.25. The lowest BCUT2D eigenvalue weighted by atomic mass is 9.87. The summed E-state index contributed by atoms with van der Waals surface area (Å²) in [5.41, 5.74) is 4.12. The molecule has 0 fully saturated rings. The number of carbonyl (C=O) groups excluding carboxylic acids is 1. The fraction of sp³-hybridized carbons (Fsp3) is 0.464. The minimum absolute atomic E-state index is 0.0426. The number of hydrogen-bond acceptors (Lipinski definition) is 7. The largest absolute Gasteiger partial charge is 0.362 e. The Bertz CT molecular complexity index is 1460.